The van der Waals surface area contributed by atoms with Crippen molar-refractivity contribution in [3.63, 3.8) is 0 Å². The van der Waals surface area contributed by atoms with Crippen LogP contribution in [0.3, 0.4) is 0 Å². The molecule has 0 bridgehead atoms. The standard InChI is InChI=1S/C18H21BrFNO2/c1-3-22-17-10-14(9-16(19)18(17)23-4-2)12-21-11-13-5-7-15(20)8-6-13/h5-10,21H,3-4,11-12H2,1-2H3. The van der Waals surface area contributed by atoms with E-state index in [4.69, 9.17) is 9.47 Å². The topological polar surface area (TPSA) is 30.5 Å². The van der Waals surface area contributed by atoms with Crippen LogP contribution in [0.15, 0.2) is 40.9 Å². The molecule has 0 aromatic heterocycles. The normalized spacial score (nSPS) is 10.6. The highest BCUT2D eigenvalue weighted by atomic mass is 79.9. The van der Waals surface area contributed by atoms with Gasteiger partial charge in [-0.3, -0.25) is 0 Å². The van der Waals surface area contributed by atoms with E-state index >= 15 is 0 Å². The van der Waals surface area contributed by atoms with Gasteiger partial charge in [0.15, 0.2) is 11.5 Å². The lowest BCUT2D eigenvalue weighted by Gasteiger charge is -2.15. The molecule has 0 heterocycles. The zero-order valence-electron chi connectivity index (χ0n) is 13.4. The molecule has 0 amide bonds. The van der Waals surface area contributed by atoms with Gasteiger partial charge in [-0.1, -0.05) is 12.1 Å². The van der Waals surface area contributed by atoms with Crippen molar-refractivity contribution in [1.29, 1.82) is 0 Å². The number of rotatable bonds is 8. The summed E-state index contributed by atoms with van der Waals surface area (Å²) in [5, 5.41) is 3.35. The van der Waals surface area contributed by atoms with Crippen molar-refractivity contribution in [2.75, 3.05) is 13.2 Å². The molecule has 0 aliphatic carbocycles. The van der Waals surface area contributed by atoms with Crippen LogP contribution in [0.5, 0.6) is 11.5 Å². The molecular weight excluding hydrogens is 361 g/mol. The smallest absolute Gasteiger partial charge is 0.175 e. The van der Waals surface area contributed by atoms with Crippen LogP contribution in [0.1, 0.15) is 25.0 Å². The fourth-order valence-electron chi connectivity index (χ4n) is 2.22. The summed E-state index contributed by atoms with van der Waals surface area (Å²) in [6.07, 6.45) is 0. The predicted molar refractivity (Wildman–Crippen MR) is 93.4 cm³/mol. The second-order valence-corrected chi connectivity index (χ2v) is 5.86. The highest BCUT2D eigenvalue weighted by Crippen LogP contribution is 2.36. The van der Waals surface area contributed by atoms with Crippen molar-refractivity contribution in [1.82, 2.24) is 5.32 Å². The molecule has 0 aliphatic rings. The molecule has 0 saturated carbocycles. The van der Waals surface area contributed by atoms with Crippen LogP contribution in [0.25, 0.3) is 0 Å². The minimum absolute atomic E-state index is 0.217. The van der Waals surface area contributed by atoms with E-state index in [0.717, 1.165) is 27.1 Å². The lowest BCUT2D eigenvalue weighted by molar-refractivity contribution is 0.286. The van der Waals surface area contributed by atoms with Crippen LogP contribution in [0.4, 0.5) is 4.39 Å². The number of benzene rings is 2. The summed E-state index contributed by atoms with van der Waals surface area (Å²) in [5.74, 6) is 1.25. The fraction of sp³-hybridized carbons (Fsp3) is 0.333. The van der Waals surface area contributed by atoms with E-state index in [1.165, 1.54) is 12.1 Å². The lowest BCUT2D eigenvalue weighted by Crippen LogP contribution is -2.13. The van der Waals surface area contributed by atoms with Gasteiger partial charge in [-0.25, -0.2) is 4.39 Å². The van der Waals surface area contributed by atoms with Gasteiger partial charge in [0.2, 0.25) is 0 Å². The Bertz CT molecular complexity index is 632. The third-order valence-corrected chi connectivity index (χ3v) is 3.82. The first-order chi connectivity index (χ1) is 11.1. The number of halogens is 2. The summed E-state index contributed by atoms with van der Waals surface area (Å²) in [6, 6.07) is 10.5. The molecule has 3 nitrogen and oxygen atoms in total. The van der Waals surface area contributed by atoms with Gasteiger partial charge in [0, 0.05) is 13.1 Å². The molecule has 5 heteroatoms. The number of hydrogen-bond acceptors (Lipinski definition) is 3. The highest BCUT2D eigenvalue weighted by molar-refractivity contribution is 9.10. The third-order valence-electron chi connectivity index (χ3n) is 3.23. The largest absolute Gasteiger partial charge is 0.490 e. The van der Waals surface area contributed by atoms with Crippen molar-refractivity contribution in [2.45, 2.75) is 26.9 Å². The first kappa shape index (κ1) is 17.8. The van der Waals surface area contributed by atoms with Crippen LogP contribution in [0, 0.1) is 5.82 Å². The fourth-order valence-corrected chi connectivity index (χ4v) is 2.83. The highest BCUT2D eigenvalue weighted by Gasteiger charge is 2.11. The first-order valence-corrected chi connectivity index (χ1v) is 8.46. The first-order valence-electron chi connectivity index (χ1n) is 7.67. The maximum Gasteiger partial charge on any atom is 0.175 e. The van der Waals surface area contributed by atoms with Gasteiger partial charge in [-0.15, -0.1) is 0 Å². The molecule has 2 rings (SSSR count). The van der Waals surface area contributed by atoms with E-state index < -0.39 is 0 Å². The van der Waals surface area contributed by atoms with Gasteiger partial charge in [-0.05, 0) is 65.2 Å². The van der Waals surface area contributed by atoms with E-state index in [0.29, 0.717) is 26.3 Å². The molecule has 0 aliphatic heterocycles. The summed E-state index contributed by atoms with van der Waals surface area (Å²) in [7, 11) is 0. The van der Waals surface area contributed by atoms with Crippen molar-refractivity contribution >= 4 is 15.9 Å². The average molecular weight is 382 g/mol. The average Bonchev–Trinajstić information content (AvgIpc) is 2.53. The van der Waals surface area contributed by atoms with Crippen molar-refractivity contribution in [2.24, 2.45) is 0 Å². The molecule has 2 aromatic carbocycles. The SMILES string of the molecule is CCOc1cc(CNCc2ccc(F)cc2)cc(Br)c1OCC. The number of ether oxygens (including phenoxy) is 2. The summed E-state index contributed by atoms with van der Waals surface area (Å²) >= 11 is 3.54. The molecule has 0 unspecified atom stereocenters. The summed E-state index contributed by atoms with van der Waals surface area (Å²) in [6.45, 7) is 6.42. The maximum absolute atomic E-state index is 12.9. The minimum Gasteiger partial charge on any atom is -0.490 e. The molecule has 0 spiro atoms. The zero-order chi connectivity index (χ0) is 16.7. The van der Waals surface area contributed by atoms with Crippen molar-refractivity contribution in [3.05, 3.63) is 57.8 Å². The monoisotopic (exact) mass is 381 g/mol. The van der Waals surface area contributed by atoms with Crippen molar-refractivity contribution in [3.8, 4) is 11.5 Å². The van der Waals surface area contributed by atoms with Gasteiger partial charge in [0.05, 0.1) is 17.7 Å². The molecule has 23 heavy (non-hydrogen) atoms. The Labute approximate surface area is 144 Å². The molecule has 2 aromatic rings. The van der Waals surface area contributed by atoms with Gasteiger partial charge in [0.25, 0.3) is 0 Å². The lowest BCUT2D eigenvalue weighted by atomic mass is 10.2. The number of nitrogens with one attached hydrogen (secondary N) is 1. The summed E-state index contributed by atoms with van der Waals surface area (Å²) in [4.78, 5) is 0. The molecule has 1 N–H and O–H groups in total. The Morgan fingerprint density at radius 2 is 1.61 bits per heavy atom. The van der Waals surface area contributed by atoms with Crippen LogP contribution >= 0.6 is 15.9 Å². The van der Waals surface area contributed by atoms with E-state index in [-0.39, 0.29) is 5.82 Å². The third kappa shape index (κ3) is 5.22. The van der Waals surface area contributed by atoms with Crippen LogP contribution in [-0.2, 0) is 13.1 Å². The molecular formula is C18H21BrFNO2. The van der Waals surface area contributed by atoms with Crippen LogP contribution < -0.4 is 14.8 Å². The Hall–Kier alpha value is -1.59. The van der Waals surface area contributed by atoms with E-state index in [9.17, 15) is 4.39 Å². The second-order valence-electron chi connectivity index (χ2n) is 5.00. The Morgan fingerprint density at radius 1 is 0.957 bits per heavy atom. The molecule has 124 valence electrons. The minimum atomic E-state index is -0.217. The predicted octanol–water partition coefficient (Wildman–Crippen LogP) is 4.68. The Morgan fingerprint density at radius 3 is 2.26 bits per heavy atom. The van der Waals surface area contributed by atoms with Crippen molar-refractivity contribution < 1.29 is 13.9 Å². The molecule has 0 fully saturated rings. The van der Waals surface area contributed by atoms with E-state index in [2.05, 4.69) is 21.2 Å². The Kier molecular flexibility index (Phi) is 6.86. The Balaban J connectivity index is 2.03. The van der Waals surface area contributed by atoms with Gasteiger partial charge >= 0.3 is 0 Å². The molecule has 0 radical (unpaired) electrons. The van der Waals surface area contributed by atoms with E-state index in [1.54, 1.807) is 12.1 Å². The van der Waals surface area contributed by atoms with E-state index in [1.807, 2.05) is 26.0 Å². The molecule has 0 saturated heterocycles. The quantitative estimate of drug-likeness (QED) is 0.720. The van der Waals surface area contributed by atoms with Crippen LogP contribution in [-0.4, -0.2) is 13.2 Å². The summed E-state index contributed by atoms with van der Waals surface area (Å²) < 4.78 is 25.1. The van der Waals surface area contributed by atoms with Gasteiger partial charge in [0.1, 0.15) is 5.82 Å². The second kappa shape index (κ2) is 8.89. The molecule has 0 atom stereocenters. The van der Waals surface area contributed by atoms with Gasteiger partial charge < -0.3 is 14.8 Å². The van der Waals surface area contributed by atoms with Crippen LogP contribution in [0.2, 0.25) is 0 Å². The zero-order valence-corrected chi connectivity index (χ0v) is 15.0. The summed E-state index contributed by atoms with van der Waals surface area (Å²) in [5.41, 5.74) is 2.13. The maximum atomic E-state index is 12.9. The number of hydrogen-bond donors (Lipinski definition) is 1. The van der Waals surface area contributed by atoms with Gasteiger partial charge in [-0.2, -0.15) is 0 Å².